The van der Waals surface area contributed by atoms with E-state index >= 15 is 0 Å². The molecule has 2 rings (SSSR count). The van der Waals surface area contributed by atoms with Crippen molar-refractivity contribution in [3.05, 3.63) is 43.7 Å². The van der Waals surface area contributed by atoms with Crippen LogP contribution in [0, 0.1) is 6.92 Å². The van der Waals surface area contributed by atoms with Crippen molar-refractivity contribution in [2.24, 2.45) is 0 Å². The van der Waals surface area contributed by atoms with Gasteiger partial charge < -0.3 is 9.79 Å². The first-order chi connectivity index (χ1) is 9.26. The topological polar surface area (TPSA) is 121 Å². The summed E-state index contributed by atoms with van der Waals surface area (Å²) in [7, 11) is -4.34. The molecule has 1 aliphatic carbocycles. The molecule has 0 aromatic carbocycles. The number of hydrogen-bond donors (Lipinski definition) is 2. The molecule has 0 saturated heterocycles. The molecule has 110 valence electrons. The minimum absolute atomic E-state index is 0.242. The van der Waals surface area contributed by atoms with Crippen molar-refractivity contribution in [1.82, 2.24) is 9.55 Å². The molecule has 0 unspecified atom stereocenters. The van der Waals surface area contributed by atoms with Crippen molar-refractivity contribution >= 4 is 7.94 Å². The second-order valence-electron chi connectivity index (χ2n) is 5.06. The van der Waals surface area contributed by atoms with E-state index in [0.29, 0.717) is 24.0 Å². The number of aromatic nitrogens is 2. The molecule has 1 aromatic rings. The number of nitrogens with zero attached hydrogens (tertiary/aromatic N) is 1. The lowest BCUT2D eigenvalue weighted by atomic mass is 10.2. The zero-order valence-corrected chi connectivity index (χ0v) is 12.0. The maximum Gasteiger partial charge on any atom is 0.328 e. The van der Waals surface area contributed by atoms with Crippen LogP contribution in [0.3, 0.4) is 0 Å². The quantitative estimate of drug-likeness (QED) is 0.534. The van der Waals surface area contributed by atoms with E-state index < -0.39 is 19.2 Å². The van der Waals surface area contributed by atoms with Gasteiger partial charge in [-0.3, -0.25) is 19.2 Å². The molecule has 0 fully saturated rings. The van der Waals surface area contributed by atoms with Gasteiger partial charge in [-0.2, -0.15) is 0 Å². The highest BCUT2D eigenvalue weighted by Crippen LogP contribution is 2.41. The van der Waals surface area contributed by atoms with Crippen LogP contribution in [0.5, 0.6) is 0 Å². The van der Waals surface area contributed by atoms with Crippen molar-refractivity contribution in [2.45, 2.75) is 32.7 Å². The Morgan fingerprint density at radius 3 is 2.65 bits per heavy atom. The fourth-order valence-corrected chi connectivity index (χ4v) is 3.30. The van der Waals surface area contributed by atoms with E-state index in [0.717, 1.165) is 12.0 Å². The maximum absolute atomic E-state index is 11.7. The number of allylic oxidation sites excluding steroid dienone is 2. The minimum atomic E-state index is -4.34. The summed E-state index contributed by atoms with van der Waals surface area (Å²) in [5.41, 5.74) is 0.978. The third kappa shape index (κ3) is 3.64. The Morgan fingerprint density at radius 1 is 1.35 bits per heavy atom. The molecule has 20 heavy (non-hydrogen) atoms. The molecule has 0 spiro atoms. The standard InChI is InChI=1S/C12H17N2O5P/c1-8-5-14(12(16)13-11(8)15)6-9-3-2-4-10(9)7-20(17,18)19/h5H,2-4,6-7H2,1H3,(H,13,15,16)(H2,17,18,19)/p-1. The summed E-state index contributed by atoms with van der Waals surface area (Å²) >= 11 is 0. The summed E-state index contributed by atoms with van der Waals surface area (Å²) in [6.45, 7) is 1.84. The molecule has 7 nitrogen and oxygen atoms in total. The maximum atomic E-state index is 11.7. The van der Waals surface area contributed by atoms with E-state index in [1.165, 1.54) is 10.8 Å². The van der Waals surface area contributed by atoms with E-state index in [4.69, 9.17) is 4.89 Å². The number of aryl methyl sites for hydroxylation is 1. The van der Waals surface area contributed by atoms with Gasteiger partial charge in [-0.1, -0.05) is 0 Å². The summed E-state index contributed by atoms with van der Waals surface area (Å²) in [5, 5.41) is 0. The first-order valence-electron chi connectivity index (χ1n) is 6.29. The van der Waals surface area contributed by atoms with Gasteiger partial charge in [0.15, 0.2) is 0 Å². The Morgan fingerprint density at radius 2 is 2.00 bits per heavy atom. The lowest BCUT2D eigenvalue weighted by molar-refractivity contribution is -0.330. The van der Waals surface area contributed by atoms with E-state index in [1.54, 1.807) is 6.92 Å². The highest BCUT2D eigenvalue weighted by Gasteiger charge is 2.21. The molecule has 0 saturated carbocycles. The fourth-order valence-electron chi connectivity index (χ4n) is 2.43. The molecule has 0 radical (unpaired) electrons. The molecule has 2 N–H and O–H groups in total. The third-order valence-electron chi connectivity index (χ3n) is 3.40. The predicted octanol–water partition coefficient (Wildman–Crippen LogP) is -1.20. The van der Waals surface area contributed by atoms with E-state index in [2.05, 4.69) is 4.98 Å². The van der Waals surface area contributed by atoms with Crippen molar-refractivity contribution < 1.29 is 14.7 Å². The Bertz CT molecular complexity index is 653. The molecule has 1 heterocycles. The lowest BCUT2D eigenvalue weighted by Crippen LogP contribution is -2.31. The summed E-state index contributed by atoms with van der Waals surface area (Å²) in [5.74, 6) is 0. The van der Waals surface area contributed by atoms with Crippen LogP contribution in [-0.4, -0.2) is 20.6 Å². The molecule has 1 aromatic heterocycles. The Balaban J connectivity index is 2.29. The van der Waals surface area contributed by atoms with E-state index in [9.17, 15) is 19.4 Å². The van der Waals surface area contributed by atoms with Gasteiger partial charge in [0.1, 0.15) is 0 Å². The molecule has 0 bridgehead atoms. The van der Waals surface area contributed by atoms with Gasteiger partial charge >= 0.3 is 5.69 Å². The molecule has 0 atom stereocenters. The van der Waals surface area contributed by atoms with Gasteiger partial charge in [-0.05, 0) is 37.3 Å². The smallest absolute Gasteiger partial charge is 0.328 e. The van der Waals surface area contributed by atoms with Crippen molar-refractivity contribution in [3.8, 4) is 0 Å². The van der Waals surface area contributed by atoms with Crippen LogP contribution in [0.2, 0.25) is 0 Å². The van der Waals surface area contributed by atoms with Crippen LogP contribution in [0.1, 0.15) is 24.8 Å². The highest BCUT2D eigenvalue weighted by molar-refractivity contribution is 7.55. The van der Waals surface area contributed by atoms with E-state index in [-0.39, 0.29) is 12.7 Å². The fraction of sp³-hybridized carbons (Fsp3) is 0.500. The molecule has 8 heteroatoms. The predicted molar refractivity (Wildman–Crippen MR) is 70.9 cm³/mol. The van der Waals surface area contributed by atoms with Gasteiger partial charge in [0, 0.05) is 26.2 Å². The summed E-state index contributed by atoms with van der Waals surface area (Å²) in [6, 6.07) is 0. The minimum Gasteiger partial charge on any atom is -0.659 e. The van der Waals surface area contributed by atoms with Crippen LogP contribution in [0.4, 0.5) is 0 Å². The molecule has 1 aliphatic rings. The first-order valence-corrected chi connectivity index (χ1v) is 8.05. The number of hydrogen-bond acceptors (Lipinski definition) is 5. The van der Waals surface area contributed by atoms with E-state index in [1.807, 2.05) is 0 Å². The van der Waals surface area contributed by atoms with Crippen LogP contribution >= 0.6 is 7.94 Å². The van der Waals surface area contributed by atoms with Gasteiger partial charge in [0.25, 0.3) is 5.56 Å². The summed E-state index contributed by atoms with van der Waals surface area (Å²) < 4.78 is 1.35. The second kappa shape index (κ2) is 5.61. The van der Waals surface area contributed by atoms with Gasteiger partial charge in [-0.15, -0.1) is 0 Å². The SMILES string of the molecule is Cc1cn(CC2=C(C[P+]([O-])([O-])O)CCC2)c(=O)[nH]c1=O. The molecule has 0 amide bonds. The average molecular weight is 299 g/mol. The largest absolute Gasteiger partial charge is 0.659 e. The Kier molecular flexibility index (Phi) is 4.25. The number of aromatic amines is 1. The zero-order chi connectivity index (χ0) is 14.9. The van der Waals surface area contributed by atoms with Gasteiger partial charge in [0.05, 0.1) is 6.16 Å². The molecular formula is C12H16N2O5P-. The second-order valence-corrected chi connectivity index (χ2v) is 6.65. The Hall–Kier alpha value is -1.27. The van der Waals surface area contributed by atoms with Crippen LogP contribution in [0.15, 0.2) is 26.9 Å². The van der Waals surface area contributed by atoms with Crippen molar-refractivity contribution in [3.63, 3.8) is 0 Å². The van der Waals surface area contributed by atoms with Gasteiger partial charge in [-0.25, -0.2) is 4.79 Å². The molecule has 0 aliphatic heterocycles. The Labute approximate surface area is 115 Å². The van der Waals surface area contributed by atoms with Crippen molar-refractivity contribution in [1.29, 1.82) is 0 Å². The number of H-pyrrole nitrogens is 1. The lowest BCUT2D eigenvalue weighted by Gasteiger charge is -2.28. The normalized spacial score (nSPS) is 16.0. The van der Waals surface area contributed by atoms with Crippen LogP contribution < -0.4 is 21.0 Å². The number of nitrogens with one attached hydrogen (secondary N) is 1. The zero-order valence-electron chi connectivity index (χ0n) is 11.1. The summed E-state index contributed by atoms with van der Waals surface area (Å²) in [6.07, 6.45) is 3.21. The summed E-state index contributed by atoms with van der Waals surface area (Å²) in [4.78, 5) is 56.1. The first kappa shape index (κ1) is 15.1. The molecular weight excluding hydrogens is 283 g/mol. The number of rotatable bonds is 4. The van der Waals surface area contributed by atoms with Crippen LogP contribution in [0.25, 0.3) is 0 Å². The average Bonchev–Trinajstić information content (AvgIpc) is 2.71. The van der Waals surface area contributed by atoms with Gasteiger partial charge in [0.2, 0.25) is 0 Å². The van der Waals surface area contributed by atoms with Crippen molar-refractivity contribution in [2.75, 3.05) is 6.16 Å². The monoisotopic (exact) mass is 299 g/mol. The highest BCUT2D eigenvalue weighted by atomic mass is 31.2. The van der Waals surface area contributed by atoms with Crippen LogP contribution in [-0.2, 0) is 6.54 Å². The third-order valence-corrected chi connectivity index (χ3v) is 4.18.